The van der Waals surface area contributed by atoms with Crippen LogP contribution >= 0.6 is 0 Å². The molecule has 8 N–H and O–H groups in total. The number of aliphatic carboxylic acids is 1. The number of fused-ring (bicyclic) bond motifs is 5. The molecule has 61 heavy (non-hydrogen) atoms. The summed E-state index contributed by atoms with van der Waals surface area (Å²) in [5.74, 6) is -5.52. The lowest BCUT2D eigenvalue weighted by Gasteiger charge is -2.30. The minimum atomic E-state index is -1.47. The summed E-state index contributed by atoms with van der Waals surface area (Å²) in [6, 6.07) is 1.62. The van der Waals surface area contributed by atoms with Crippen molar-refractivity contribution in [3.05, 3.63) is 47.5 Å². The van der Waals surface area contributed by atoms with E-state index in [0.717, 1.165) is 41.4 Å². The Labute approximate surface area is 357 Å². The molecule has 0 fully saturated rings. The van der Waals surface area contributed by atoms with Crippen LogP contribution in [0.3, 0.4) is 0 Å². The molecular weight excluding hydrogens is 789 g/mol. The number of rotatable bonds is 20. The van der Waals surface area contributed by atoms with Gasteiger partial charge in [-0.05, 0) is 61.6 Å². The van der Waals surface area contributed by atoms with Crippen molar-refractivity contribution >= 4 is 41.4 Å². The van der Waals surface area contributed by atoms with E-state index in [-0.39, 0.29) is 46.9 Å². The van der Waals surface area contributed by atoms with Gasteiger partial charge in [0.15, 0.2) is 0 Å². The molecule has 1 aliphatic heterocycles. The number of nitrogens with one attached hydrogen (secondary N) is 4. The third kappa shape index (κ3) is 14.8. The normalized spacial score (nSPS) is 17.5. The Morgan fingerprint density at radius 3 is 1.98 bits per heavy atom. The average Bonchev–Trinajstić information content (AvgIpc) is 3.20. The number of carbonyl (C=O) groups excluding carboxylic acids is 6. The number of phenolic OH excluding ortho intramolecular Hbond substituents is 2. The molecule has 0 saturated heterocycles. The number of likely N-dealkylation sites (N-methyl/N-ethyl adjacent to an activating group) is 2. The van der Waals surface area contributed by atoms with Crippen molar-refractivity contribution in [1.29, 1.82) is 0 Å². The smallest absolute Gasteiger partial charge is 0.326 e. The Kier molecular flexibility index (Phi) is 19.5. The van der Waals surface area contributed by atoms with Gasteiger partial charge in [-0.15, -0.1) is 0 Å². The van der Waals surface area contributed by atoms with Crippen molar-refractivity contribution in [1.82, 2.24) is 31.1 Å². The molecule has 0 saturated carbocycles. The summed E-state index contributed by atoms with van der Waals surface area (Å²) in [6.07, 6.45) is 9.76. The molecule has 2 aromatic rings. The Balaban J connectivity index is 1.65. The van der Waals surface area contributed by atoms with Gasteiger partial charge in [0.25, 0.3) is 0 Å². The first-order chi connectivity index (χ1) is 28.9. The second-order valence-corrected chi connectivity index (χ2v) is 16.3. The minimum Gasteiger partial charge on any atom is -0.507 e. The number of phenols is 2. The summed E-state index contributed by atoms with van der Waals surface area (Å²) >= 11 is 0. The molecule has 5 atom stereocenters. The van der Waals surface area contributed by atoms with E-state index >= 15 is 0 Å². The molecule has 17 heteroatoms. The highest BCUT2D eigenvalue weighted by Crippen LogP contribution is 2.38. The zero-order valence-corrected chi connectivity index (χ0v) is 36.2. The summed E-state index contributed by atoms with van der Waals surface area (Å²) in [6.45, 7) is 5.82. The molecule has 0 radical (unpaired) electrons. The van der Waals surface area contributed by atoms with Crippen LogP contribution in [0.15, 0.2) is 36.4 Å². The largest absolute Gasteiger partial charge is 0.507 e. The highest BCUT2D eigenvalue weighted by molar-refractivity contribution is 5.96. The maximum absolute atomic E-state index is 13.9. The maximum Gasteiger partial charge on any atom is 0.326 e. The molecule has 0 aromatic heterocycles. The third-order valence-electron chi connectivity index (χ3n) is 10.9. The monoisotopic (exact) mass is 852 g/mol. The number of carbonyl (C=O) groups is 7. The van der Waals surface area contributed by atoms with E-state index in [2.05, 4.69) is 35.1 Å². The van der Waals surface area contributed by atoms with Crippen LogP contribution in [0, 0.1) is 5.92 Å². The number of unbranched alkanes of at least 4 members (excludes halogenated alkanes) is 7. The second kappa shape index (κ2) is 23.9. The molecule has 2 aromatic carbocycles. The lowest BCUT2D eigenvalue weighted by atomic mass is 9.94. The summed E-state index contributed by atoms with van der Waals surface area (Å²) in [5, 5.41) is 51.2. The van der Waals surface area contributed by atoms with E-state index < -0.39 is 78.9 Å². The van der Waals surface area contributed by atoms with Crippen LogP contribution in [0.2, 0.25) is 0 Å². The van der Waals surface area contributed by atoms with Crippen molar-refractivity contribution in [2.75, 3.05) is 27.2 Å². The summed E-state index contributed by atoms with van der Waals surface area (Å²) < 4.78 is 0. The van der Waals surface area contributed by atoms with Gasteiger partial charge in [0.1, 0.15) is 41.7 Å². The predicted octanol–water partition coefficient (Wildman–Crippen LogP) is 2.89. The first-order valence-corrected chi connectivity index (χ1v) is 21.0. The van der Waals surface area contributed by atoms with Crippen molar-refractivity contribution in [2.45, 2.75) is 129 Å². The molecule has 6 amide bonds. The molecule has 3 rings (SSSR count). The average molecular weight is 853 g/mol. The fourth-order valence-electron chi connectivity index (χ4n) is 7.09. The summed E-state index contributed by atoms with van der Waals surface area (Å²) in [5.41, 5.74) is 0.724. The van der Waals surface area contributed by atoms with Gasteiger partial charge in [0.2, 0.25) is 35.4 Å². The van der Waals surface area contributed by atoms with Gasteiger partial charge in [-0.25, -0.2) is 4.79 Å². The number of carboxylic acid groups (broad SMARTS) is 1. The Morgan fingerprint density at radius 1 is 0.787 bits per heavy atom. The zero-order chi connectivity index (χ0) is 45.4. The van der Waals surface area contributed by atoms with Gasteiger partial charge in [0.05, 0.1) is 13.2 Å². The highest BCUT2D eigenvalue weighted by atomic mass is 16.4. The Hall–Kier alpha value is -5.71. The number of amides is 6. The number of benzene rings is 2. The Morgan fingerprint density at radius 2 is 1.38 bits per heavy atom. The van der Waals surface area contributed by atoms with Crippen LogP contribution in [0.5, 0.6) is 11.5 Å². The summed E-state index contributed by atoms with van der Waals surface area (Å²) in [7, 11) is 2.69. The zero-order valence-electron chi connectivity index (χ0n) is 36.2. The lowest BCUT2D eigenvalue weighted by molar-refractivity contribution is -0.143. The highest BCUT2D eigenvalue weighted by Gasteiger charge is 2.34. The first kappa shape index (κ1) is 49.7. The number of nitrogens with zero attached hydrogens (tertiary/aromatic N) is 2. The molecule has 0 unspecified atom stereocenters. The van der Waals surface area contributed by atoms with Gasteiger partial charge in [-0.1, -0.05) is 77.3 Å². The third-order valence-corrected chi connectivity index (χ3v) is 10.9. The molecule has 1 heterocycles. The molecule has 1 aliphatic rings. The van der Waals surface area contributed by atoms with E-state index in [1.54, 1.807) is 0 Å². The fraction of sp³-hybridized carbons (Fsp3) is 0.568. The van der Waals surface area contributed by atoms with E-state index in [0.29, 0.717) is 12.0 Å². The van der Waals surface area contributed by atoms with Crippen molar-refractivity contribution in [3.63, 3.8) is 0 Å². The van der Waals surface area contributed by atoms with Crippen molar-refractivity contribution < 1.29 is 54.0 Å². The molecule has 17 nitrogen and oxygen atoms in total. The predicted molar refractivity (Wildman–Crippen MR) is 227 cm³/mol. The molecule has 0 spiro atoms. The maximum atomic E-state index is 13.9. The molecule has 4 bridgehead atoms. The molecular formula is C44H64N6O11. The number of hydrogen-bond acceptors (Lipinski definition) is 10. The van der Waals surface area contributed by atoms with Gasteiger partial charge in [0, 0.05) is 38.1 Å². The van der Waals surface area contributed by atoms with E-state index in [1.807, 2.05) is 0 Å². The quantitative estimate of drug-likeness (QED) is 0.0899. The van der Waals surface area contributed by atoms with Gasteiger partial charge >= 0.3 is 5.97 Å². The van der Waals surface area contributed by atoms with E-state index in [9.17, 15) is 54.0 Å². The van der Waals surface area contributed by atoms with Crippen LogP contribution in [0.1, 0.15) is 109 Å². The van der Waals surface area contributed by atoms with E-state index in [4.69, 9.17) is 0 Å². The molecule has 0 aliphatic carbocycles. The van der Waals surface area contributed by atoms with Crippen LogP contribution < -0.4 is 21.3 Å². The minimum absolute atomic E-state index is 0.0662. The van der Waals surface area contributed by atoms with Crippen LogP contribution in [0.25, 0.3) is 11.1 Å². The first-order valence-electron chi connectivity index (χ1n) is 21.0. The standard InChI is InChI=1S/C44H64N6O11/c1-26(2)15-13-11-9-7-8-10-12-14-16-37(54)49(5)34(25-51)42(58)46-27(3)40(56)45-24-38(55)50(6)39-30-18-20-36(53)32(23-30)31-21-29(17-19-35(31)52)22-33(44(60)61)48-41(57)28(4)47-43(39)59/h17-21,23,26-28,33-34,39,51-53H,7-16,22,24-25H2,1-6H3,(H,45,56)(H,46,58)(H,47,59)(H,48,57)(H,60,61)/t27-,28+,33-,34-,39-/m1/s1. The van der Waals surface area contributed by atoms with Gasteiger partial charge < -0.3 is 51.5 Å². The topological polar surface area (TPSA) is 255 Å². The number of carboxylic acids is 1. The Bertz CT molecular complexity index is 1870. The number of aliphatic hydroxyl groups is 1. The summed E-state index contributed by atoms with van der Waals surface area (Å²) in [4.78, 5) is 93.8. The van der Waals surface area contributed by atoms with Crippen molar-refractivity contribution in [3.8, 4) is 22.6 Å². The number of aliphatic hydroxyl groups excluding tert-OH is 1. The number of aromatic hydroxyl groups is 2. The van der Waals surface area contributed by atoms with Crippen LogP contribution in [-0.4, -0.2) is 123 Å². The van der Waals surface area contributed by atoms with Crippen molar-refractivity contribution in [2.24, 2.45) is 5.92 Å². The fourth-order valence-corrected chi connectivity index (χ4v) is 7.09. The van der Waals surface area contributed by atoms with Gasteiger partial charge in [-0.2, -0.15) is 0 Å². The van der Waals surface area contributed by atoms with Crippen LogP contribution in [-0.2, 0) is 40.0 Å². The molecule has 336 valence electrons. The second-order valence-electron chi connectivity index (χ2n) is 16.3. The van der Waals surface area contributed by atoms with E-state index in [1.165, 1.54) is 90.0 Å². The van der Waals surface area contributed by atoms with Gasteiger partial charge in [-0.3, -0.25) is 28.8 Å². The lowest BCUT2D eigenvalue weighted by Crippen LogP contribution is -2.55. The van der Waals surface area contributed by atoms with Crippen LogP contribution in [0.4, 0.5) is 0 Å². The SMILES string of the molecule is CC(C)CCCCCCCCCCC(=O)N(C)[C@H](CO)C(=O)N[C@H](C)C(=O)NCC(=O)N(C)[C@H]1C(=O)N[C@@H](C)C(=O)N[C@@H](C(=O)O)Cc2ccc(O)c(c2)-c2cc1ccc2O. The number of hydrogen-bond donors (Lipinski definition) is 8.